The zero-order chi connectivity index (χ0) is 72.1. The van der Waals surface area contributed by atoms with Crippen molar-refractivity contribution in [2.75, 3.05) is 0 Å². The number of hydrogen-bond acceptors (Lipinski definition) is 18. The summed E-state index contributed by atoms with van der Waals surface area (Å²) in [5.74, 6) is -0.476. The fourth-order valence-corrected chi connectivity index (χ4v) is 41.3. The molecule has 0 unspecified atom stereocenters. The van der Waals surface area contributed by atoms with Crippen molar-refractivity contribution in [2.45, 2.75) is 378 Å². The smallest absolute Gasteiger partial charge is 0.292 e. The van der Waals surface area contributed by atoms with Crippen LogP contribution < -0.4 is 0 Å². The zero-order valence-electron chi connectivity index (χ0n) is 63.3. The Labute approximate surface area is 585 Å². The quantitative estimate of drug-likeness (QED) is 0.139. The van der Waals surface area contributed by atoms with Crippen LogP contribution in [0.25, 0.3) is 0 Å². The van der Waals surface area contributed by atoms with Gasteiger partial charge < -0.3 is 39.8 Å². The molecule has 9 fully saturated rings. The highest BCUT2D eigenvalue weighted by molar-refractivity contribution is 6.79. The van der Waals surface area contributed by atoms with Crippen molar-refractivity contribution in [3.05, 3.63) is 0 Å². The molecule has 0 bridgehead atoms. The van der Waals surface area contributed by atoms with Crippen LogP contribution in [0.1, 0.15) is 212 Å². The summed E-state index contributed by atoms with van der Waals surface area (Å²) in [5, 5.41) is 0. The van der Waals surface area contributed by atoms with E-state index < -0.39 is 74.9 Å². The first-order chi connectivity index (χ1) is 44.4. The van der Waals surface area contributed by atoms with Crippen molar-refractivity contribution >= 4 is 129 Å². The standard InChI is InChI=1S/C9H18O2Si.4C8H16O2Si.3C7H14O2Si.C6H12O2Si/c1-3-9(10)11-12(2)7-5-4-6-8-12;1-8(9)10-11(2)6-4-3-5-7-11;1-3-8(9)10-11(2)6-4-5-7-11;2*1-3-11(10-8(2)9)6-4-5-7-11;1-7(8)9-10(2)5-3-4-6-10;1-3-7(8)9-10(2)5-4-6-10;1-3-10(5-4-6-10)9-7(2)8;1-6(7)8-9(2)4-3-5-9/h3-8H2,1-2H3;4*3-7H2,1-2H3;3*3-6H2,1-2H3;3-5H2,1-2H3. The molecular formula is C68H136O18Si9. The molecule has 0 aliphatic carbocycles. The third-order valence-corrected chi connectivity index (χ3v) is 55.4. The van der Waals surface area contributed by atoms with Crippen molar-refractivity contribution in [2.24, 2.45) is 0 Å². The van der Waals surface area contributed by atoms with Gasteiger partial charge >= 0.3 is 0 Å². The molecule has 9 rings (SSSR count). The molecule has 0 aromatic carbocycles. The van der Waals surface area contributed by atoms with Gasteiger partial charge in [0.2, 0.25) is 0 Å². The topological polar surface area (TPSA) is 237 Å². The second kappa shape index (κ2) is 45.1. The lowest BCUT2D eigenvalue weighted by Gasteiger charge is -2.36. The summed E-state index contributed by atoms with van der Waals surface area (Å²) in [6, 6.07) is 24.6. The van der Waals surface area contributed by atoms with Crippen LogP contribution in [0.2, 0.25) is 166 Å². The molecule has 9 aliphatic heterocycles. The summed E-state index contributed by atoms with van der Waals surface area (Å²) in [6.07, 6.45) is 23.2. The Morgan fingerprint density at radius 2 is 0.358 bits per heavy atom. The van der Waals surface area contributed by atoms with Crippen LogP contribution in [0.4, 0.5) is 0 Å². The van der Waals surface area contributed by atoms with E-state index in [0.717, 1.165) is 18.1 Å². The molecule has 95 heavy (non-hydrogen) atoms. The van der Waals surface area contributed by atoms with E-state index in [2.05, 4.69) is 60.1 Å². The monoisotopic (exact) mass is 1490 g/mol. The molecular weight excluding hydrogens is 1360 g/mol. The van der Waals surface area contributed by atoms with Gasteiger partial charge in [0, 0.05) is 60.8 Å². The van der Waals surface area contributed by atoms with E-state index in [0.29, 0.717) is 19.3 Å². The second-order valence-corrected chi connectivity index (χ2v) is 67.3. The fourth-order valence-electron chi connectivity index (χ4n) is 14.0. The first-order valence-electron chi connectivity index (χ1n) is 37.2. The molecule has 0 saturated carbocycles. The average molecular weight is 1490 g/mol. The van der Waals surface area contributed by atoms with Crippen molar-refractivity contribution in [3.63, 3.8) is 0 Å². The summed E-state index contributed by atoms with van der Waals surface area (Å²) < 4.78 is 48.4. The largest absolute Gasteiger partial charge is 0.520 e. The van der Waals surface area contributed by atoms with Crippen LogP contribution in [-0.2, 0) is 83.0 Å². The summed E-state index contributed by atoms with van der Waals surface area (Å²) >= 11 is 0. The maximum Gasteiger partial charge on any atom is 0.292 e. The molecule has 27 heteroatoms. The predicted molar refractivity (Wildman–Crippen MR) is 403 cm³/mol. The van der Waals surface area contributed by atoms with Gasteiger partial charge in [0.15, 0.2) is 0 Å². The molecule has 0 aromatic rings. The van der Waals surface area contributed by atoms with Crippen molar-refractivity contribution in [1.82, 2.24) is 0 Å². The number of rotatable bonds is 15. The Bertz CT molecular complexity index is 2260. The Balaban J connectivity index is 0.000000535. The lowest BCUT2D eigenvalue weighted by atomic mass is 10.3. The van der Waals surface area contributed by atoms with Crippen molar-refractivity contribution < 1.29 is 83.0 Å². The number of carbonyl (C=O) groups is 9. The van der Waals surface area contributed by atoms with Crippen LogP contribution >= 0.6 is 0 Å². The van der Waals surface area contributed by atoms with Gasteiger partial charge in [0.05, 0.1) is 0 Å². The summed E-state index contributed by atoms with van der Waals surface area (Å²) in [5.41, 5.74) is 0. The Hall–Kier alpha value is -2.82. The summed E-state index contributed by atoms with van der Waals surface area (Å²) in [4.78, 5) is 96.9. The molecule has 0 radical (unpaired) electrons. The molecule has 0 atom stereocenters. The van der Waals surface area contributed by atoms with Gasteiger partial charge in [-0.1, -0.05) is 151 Å². The molecule has 9 heterocycles. The third kappa shape index (κ3) is 38.5. The van der Waals surface area contributed by atoms with Crippen LogP contribution in [-0.4, -0.2) is 129 Å². The van der Waals surface area contributed by atoms with Gasteiger partial charge in [-0.3, -0.25) is 43.2 Å². The van der Waals surface area contributed by atoms with E-state index in [1.165, 1.54) is 259 Å². The summed E-state index contributed by atoms with van der Waals surface area (Å²) in [6.45, 7) is 34.1. The minimum Gasteiger partial charge on any atom is -0.520 e. The van der Waals surface area contributed by atoms with Gasteiger partial charge in [-0.15, -0.1) is 0 Å². The van der Waals surface area contributed by atoms with Gasteiger partial charge in [0.1, 0.15) is 0 Å². The van der Waals surface area contributed by atoms with Crippen LogP contribution in [0, 0.1) is 0 Å². The Morgan fingerprint density at radius 3 is 0.495 bits per heavy atom. The number of carbonyl (C=O) groups excluding carboxylic acids is 9. The molecule has 0 aromatic heterocycles. The van der Waals surface area contributed by atoms with Crippen LogP contribution in [0.3, 0.4) is 0 Å². The van der Waals surface area contributed by atoms with E-state index in [1.54, 1.807) is 0 Å². The van der Waals surface area contributed by atoms with Crippen molar-refractivity contribution in [3.8, 4) is 0 Å². The number of hydrogen-bond donors (Lipinski definition) is 0. The maximum absolute atomic E-state index is 11.1. The molecule has 18 nitrogen and oxygen atoms in total. The van der Waals surface area contributed by atoms with Gasteiger partial charge in [0.25, 0.3) is 129 Å². The fraction of sp³-hybridized carbons (Fsp3) is 0.868. The highest BCUT2D eigenvalue weighted by Gasteiger charge is 2.44. The predicted octanol–water partition coefficient (Wildman–Crippen LogP) is 19.2. The van der Waals surface area contributed by atoms with Crippen molar-refractivity contribution in [1.29, 1.82) is 0 Å². The van der Waals surface area contributed by atoms with E-state index in [9.17, 15) is 43.2 Å². The first kappa shape index (κ1) is 90.2. The zero-order valence-corrected chi connectivity index (χ0v) is 72.3. The lowest BCUT2D eigenvalue weighted by molar-refractivity contribution is -0.136. The van der Waals surface area contributed by atoms with Crippen LogP contribution in [0.5, 0.6) is 0 Å². The van der Waals surface area contributed by atoms with Gasteiger partial charge in [-0.2, -0.15) is 0 Å². The maximum atomic E-state index is 11.1. The molecule has 0 N–H and O–H groups in total. The minimum atomic E-state index is -1.57. The van der Waals surface area contributed by atoms with Gasteiger partial charge in [-0.05, 0) is 166 Å². The van der Waals surface area contributed by atoms with Gasteiger partial charge in [-0.25, -0.2) is 0 Å². The van der Waals surface area contributed by atoms with E-state index in [4.69, 9.17) is 39.8 Å². The van der Waals surface area contributed by atoms with E-state index in [1.807, 2.05) is 20.8 Å². The first-order valence-corrected chi connectivity index (χ1v) is 61.8. The Morgan fingerprint density at radius 1 is 0.211 bits per heavy atom. The molecule has 0 spiro atoms. The SMILES string of the molecule is CC(=O)O[Si]1(C)CCC1.CC(=O)O[Si]1(C)CCCC1.CC(=O)O[Si]1(C)CCCCC1.CCC(=O)O[Si]1(C)CCC1.CCC(=O)O[Si]1(C)CCCC1.CCC(=O)O[Si]1(C)CCCCC1.CC[Si]1(OC(C)=O)CCC1.CC[Si]1(OC(C)=O)CCCC1.CC[Si]1(OC(C)=O)CCCC1. The highest BCUT2D eigenvalue weighted by Crippen LogP contribution is 2.39. The summed E-state index contributed by atoms with van der Waals surface area (Å²) in [7, 11) is -13.4. The Kier molecular flexibility index (Phi) is 42.8. The van der Waals surface area contributed by atoms with E-state index in [-0.39, 0.29) is 53.7 Å². The molecule has 9 saturated heterocycles. The molecule has 0 amide bonds. The highest BCUT2D eigenvalue weighted by atomic mass is 28.4. The third-order valence-electron chi connectivity index (χ3n) is 20.4. The second-order valence-electron chi connectivity index (χ2n) is 29.9. The van der Waals surface area contributed by atoms with E-state index >= 15 is 0 Å². The minimum absolute atomic E-state index is 0.000988. The molecule has 552 valence electrons. The molecule has 9 aliphatic rings. The lowest BCUT2D eigenvalue weighted by Crippen LogP contribution is -2.45. The van der Waals surface area contributed by atoms with Crippen LogP contribution in [0.15, 0.2) is 0 Å². The normalized spacial score (nSPS) is 21.9. The average Bonchev–Trinajstić information content (AvgIpc) is 1.85.